The van der Waals surface area contributed by atoms with Crippen LogP contribution in [0.3, 0.4) is 0 Å². The summed E-state index contributed by atoms with van der Waals surface area (Å²) in [4.78, 5) is 20.3. The van der Waals surface area contributed by atoms with Gasteiger partial charge in [-0.05, 0) is 40.1 Å². The molecule has 0 bridgehead atoms. The summed E-state index contributed by atoms with van der Waals surface area (Å²) in [5, 5.41) is 12.9. The minimum absolute atomic E-state index is 0.0739. The normalized spacial score (nSPS) is 12.4. The van der Waals surface area contributed by atoms with Gasteiger partial charge in [-0.15, -0.1) is 0 Å². The number of carbonyl (C=O) groups excluding carboxylic acids is 1. The highest BCUT2D eigenvalue weighted by atomic mass is 16.6. The van der Waals surface area contributed by atoms with Gasteiger partial charge in [-0.3, -0.25) is 9.78 Å². The Kier molecular flexibility index (Phi) is 9.48. The number of pyridine rings is 1. The van der Waals surface area contributed by atoms with Gasteiger partial charge in [-0.25, -0.2) is 0 Å². The zero-order valence-corrected chi connectivity index (χ0v) is 15.2. The highest BCUT2D eigenvalue weighted by Crippen LogP contribution is 2.14. The third-order valence-corrected chi connectivity index (χ3v) is 3.58. The van der Waals surface area contributed by atoms with E-state index in [0.717, 1.165) is 18.8 Å². The Labute approximate surface area is 144 Å². The van der Waals surface area contributed by atoms with Crippen LogP contribution >= 0.6 is 0 Å². The lowest BCUT2D eigenvalue weighted by molar-refractivity contribution is -0.130. The molecule has 0 aromatic carbocycles. The molecule has 2 N–H and O–H groups in total. The van der Waals surface area contributed by atoms with E-state index in [1.54, 1.807) is 18.3 Å². The first kappa shape index (κ1) is 20.5. The van der Waals surface area contributed by atoms with Crippen LogP contribution in [0.15, 0.2) is 18.3 Å². The summed E-state index contributed by atoms with van der Waals surface area (Å²) in [5.74, 6) is 0.0739. The van der Waals surface area contributed by atoms with Crippen molar-refractivity contribution in [1.82, 2.24) is 20.1 Å². The average molecular weight is 338 g/mol. The number of carbonyl (C=O) groups is 1. The molecule has 0 saturated heterocycles. The number of amides is 1. The van der Waals surface area contributed by atoms with Crippen molar-refractivity contribution in [2.45, 2.75) is 26.7 Å². The zero-order valence-electron chi connectivity index (χ0n) is 15.2. The molecular formula is C17H30N4O3. The van der Waals surface area contributed by atoms with Crippen molar-refractivity contribution in [2.75, 3.05) is 46.9 Å². The molecular weight excluding hydrogens is 308 g/mol. The summed E-state index contributed by atoms with van der Waals surface area (Å²) >= 11 is 0. The van der Waals surface area contributed by atoms with E-state index in [2.05, 4.69) is 15.2 Å². The van der Waals surface area contributed by atoms with E-state index in [-0.39, 0.29) is 12.5 Å². The topological polar surface area (TPSA) is 77.9 Å². The first-order valence-electron chi connectivity index (χ1n) is 8.35. The van der Waals surface area contributed by atoms with E-state index in [0.29, 0.717) is 25.3 Å². The van der Waals surface area contributed by atoms with Crippen LogP contribution < -0.4 is 5.32 Å². The van der Waals surface area contributed by atoms with E-state index < -0.39 is 6.29 Å². The molecule has 1 unspecified atom stereocenters. The number of hydrogen-bond donors (Lipinski definition) is 2. The third kappa shape index (κ3) is 7.35. The first-order valence-corrected chi connectivity index (χ1v) is 8.35. The molecule has 0 fully saturated rings. The van der Waals surface area contributed by atoms with Crippen molar-refractivity contribution in [3.8, 4) is 0 Å². The highest BCUT2D eigenvalue weighted by Gasteiger charge is 2.12. The summed E-state index contributed by atoms with van der Waals surface area (Å²) in [7, 11) is 3.98. The molecule has 1 aromatic rings. The van der Waals surface area contributed by atoms with Crippen LogP contribution in [-0.4, -0.2) is 72.7 Å². The largest absolute Gasteiger partial charge is 0.364 e. The number of rotatable bonds is 11. The number of ether oxygens (including phenoxy) is 1. The molecule has 0 aliphatic carbocycles. The molecule has 0 saturated carbocycles. The van der Waals surface area contributed by atoms with Crippen LogP contribution in [0.5, 0.6) is 0 Å². The minimum atomic E-state index is -0.944. The van der Waals surface area contributed by atoms with Crippen LogP contribution in [0, 0.1) is 0 Å². The zero-order chi connectivity index (χ0) is 17.9. The van der Waals surface area contributed by atoms with Crippen molar-refractivity contribution in [2.24, 2.45) is 0 Å². The van der Waals surface area contributed by atoms with E-state index in [4.69, 9.17) is 4.74 Å². The summed E-state index contributed by atoms with van der Waals surface area (Å²) in [6, 6.07) is 3.50. The van der Waals surface area contributed by atoms with E-state index in [9.17, 15) is 9.90 Å². The predicted octanol–water partition coefficient (Wildman–Crippen LogP) is 0.609. The Bertz CT molecular complexity index is 496. The van der Waals surface area contributed by atoms with Crippen molar-refractivity contribution in [1.29, 1.82) is 0 Å². The molecule has 1 heterocycles. The standard InChI is InChI=1S/C17H30N4O3/c1-5-21(10-9-20(3)4)16(22)13-18-12-15-11-14(7-8-19-15)17(23)24-6-2/h7-8,11,17-18,23H,5-6,9-10,12-13H2,1-4H3. The molecule has 1 amide bonds. The number of hydrogen-bond acceptors (Lipinski definition) is 6. The van der Waals surface area contributed by atoms with Crippen LogP contribution in [0.4, 0.5) is 0 Å². The van der Waals surface area contributed by atoms with E-state index in [1.165, 1.54) is 0 Å². The molecule has 1 atom stereocenters. The van der Waals surface area contributed by atoms with Gasteiger partial charge in [0.25, 0.3) is 0 Å². The van der Waals surface area contributed by atoms with Gasteiger partial charge in [-0.1, -0.05) is 0 Å². The molecule has 1 aromatic heterocycles. The monoisotopic (exact) mass is 338 g/mol. The fraction of sp³-hybridized carbons (Fsp3) is 0.647. The number of likely N-dealkylation sites (N-methyl/N-ethyl adjacent to an activating group) is 2. The van der Waals surface area contributed by atoms with Gasteiger partial charge in [0, 0.05) is 44.5 Å². The van der Waals surface area contributed by atoms with Gasteiger partial charge in [0.2, 0.25) is 5.91 Å². The third-order valence-electron chi connectivity index (χ3n) is 3.58. The van der Waals surface area contributed by atoms with Gasteiger partial charge in [0.15, 0.2) is 6.29 Å². The predicted molar refractivity (Wildman–Crippen MR) is 93.3 cm³/mol. The minimum Gasteiger partial charge on any atom is -0.364 e. The number of aromatic nitrogens is 1. The van der Waals surface area contributed by atoms with E-state index >= 15 is 0 Å². The quantitative estimate of drug-likeness (QED) is 0.576. The second-order valence-corrected chi connectivity index (χ2v) is 5.77. The molecule has 1 rings (SSSR count). The Morgan fingerprint density at radius 2 is 2.12 bits per heavy atom. The number of aliphatic hydroxyl groups excluding tert-OH is 1. The molecule has 136 valence electrons. The summed E-state index contributed by atoms with van der Waals surface area (Å²) < 4.78 is 5.16. The van der Waals surface area contributed by atoms with Crippen LogP contribution in [-0.2, 0) is 16.1 Å². The average Bonchev–Trinajstić information content (AvgIpc) is 2.55. The molecule has 24 heavy (non-hydrogen) atoms. The number of aliphatic hydroxyl groups is 1. The maximum Gasteiger partial charge on any atom is 0.236 e. The SMILES string of the molecule is CCOC(O)c1ccnc(CNCC(=O)N(CC)CCN(C)C)c1. The number of nitrogens with one attached hydrogen (secondary N) is 1. The Morgan fingerprint density at radius 3 is 2.75 bits per heavy atom. The molecule has 0 aliphatic heterocycles. The lowest BCUT2D eigenvalue weighted by Gasteiger charge is -2.23. The maximum absolute atomic E-state index is 12.2. The fourth-order valence-corrected chi connectivity index (χ4v) is 2.19. The maximum atomic E-state index is 12.2. The summed E-state index contributed by atoms with van der Waals surface area (Å²) in [5.41, 5.74) is 1.42. The van der Waals surface area contributed by atoms with Crippen LogP contribution in [0.25, 0.3) is 0 Å². The molecule has 0 aliphatic rings. The molecule has 7 heteroatoms. The van der Waals surface area contributed by atoms with Crippen molar-refractivity contribution in [3.63, 3.8) is 0 Å². The van der Waals surface area contributed by atoms with Gasteiger partial charge < -0.3 is 25.0 Å². The van der Waals surface area contributed by atoms with Crippen molar-refractivity contribution < 1.29 is 14.6 Å². The Hall–Kier alpha value is -1.54. The summed E-state index contributed by atoms with van der Waals surface area (Å²) in [6.07, 6.45) is 0.686. The highest BCUT2D eigenvalue weighted by molar-refractivity contribution is 5.78. The fourth-order valence-electron chi connectivity index (χ4n) is 2.19. The second-order valence-electron chi connectivity index (χ2n) is 5.77. The van der Waals surface area contributed by atoms with Crippen molar-refractivity contribution >= 4 is 5.91 Å². The Balaban J connectivity index is 2.46. The van der Waals surface area contributed by atoms with Crippen molar-refractivity contribution in [3.05, 3.63) is 29.6 Å². The van der Waals surface area contributed by atoms with E-state index in [1.807, 2.05) is 32.8 Å². The van der Waals surface area contributed by atoms with Crippen LogP contribution in [0.1, 0.15) is 31.4 Å². The molecule has 7 nitrogen and oxygen atoms in total. The second kappa shape index (κ2) is 11.1. The first-order chi connectivity index (χ1) is 11.5. The van der Waals surface area contributed by atoms with Gasteiger partial charge in [0.1, 0.15) is 0 Å². The smallest absolute Gasteiger partial charge is 0.236 e. The van der Waals surface area contributed by atoms with Crippen LogP contribution in [0.2, 0.25) is 0 Å². The Morgan fingerprint density at radius 1 is 1.38 bits per heavy atom. The lowest BCUT2D eigenvalue weighted by atomic mass is 10.2. The van der Waals surface area contributed by atoms with Gasteiger partial charge in [-0.2, -0.15) is 0 Å². The van der Waals surface area contributed by atoms with Gasteiger partial charge in [0.05, 0.1) is 12.2 Å². The number of nitrogens with zero attached hydrogens (tertiary/aromatic N) is 3. The van der Waals surface area contributed by atoms with Gasteiger partial charge >= 0.3 is 0 Å². The molecule has 0 spiro atoms. The lowest BCUT2D eigenvalue weighted by Crippen LogP contribution is -2.41. The summed E-state index contributed by atoms with van der Waals surface area (Å²) in [6.45, 7) is 7.23. The molecule has 0 radical (unpaired) electrons.